The molecule has 1 aliphatic heterocycles. The molecule has 0 radical (unpaired) electrons. The molecular formula is C25H32N4O4S. The van der Waals surface area contributed by atoms with Gasteiger partial charge in [-0.2, -0.15) is 4.31 Å². The molecule has 34 heavy (non-hydrogen) atoms. The second kappa shape index (κ2) is 10.1. The van der Waals surface area contributed by atoms with Crippen LogP contribution < -0.4 is 10.6 Å². The molecule has 2 N–H and O–H groups in total. The largest absolute Gasteiger partial charge is 0.338 e. The van der Waals surface area contributed by atoms with Gasteiger partial charge in [0.1, 0.15) is 6.04 Å². The summed E-state index contributed by atoms with van der Waals surface area (Å²) in [4.78, 5) is 27.6. The number of anilines is 1. The van der Waals surface area contributed by atoms with E-state index in [1.807, 2.05) is 38.1 Å². The summed E-state index contributed by atoms with van der Waals surface area (Å²) in [5.41, 5.74) is 2.99. The Labute approximate surface area is 201 Å². The first-order chi connectivity index (χ1) is 16.3. The lowest BCUT2D eigenvalue weighted by atomic mass is 10.0. The van der Waals surface area contributed by atoms with Gasteiger partial charge in [-0.3, -0.25) is 4.79 Å². The van der Waals surface area contributed by atoms with Gasteiger partial charge < -0.3 is 15.5 Å². The third kappa shape index (κ3) is 5.26. The number of rotatable bonds is 6. The van der Waals surface area contributed by atoms with Gasteiger partial charge in [0.2, 0.25) is 15.9 Å². The number of amides is 3. The number of nitrogens with zero attached hydrogens (tertiary/aromatic N) is 2. The molecule has 182 valence electrons. The zero-order valence-electron chi connectivity index (χ0n) is 19.7. The molecule has 0 spiro atoms. The molecule has 9 heteroatoms. The third-order valence-electron chi connectivity index (χ3n) is 6.51. The summed E-state index contributed by atoms with van der Waals surface area (Å²) < 4.78 is 27.8. The number of benzene rings is 2. The maximum atomic E-state index is 13.2. The third-order valence-corrected chi connectivity index (χ3v) is 8.40. The average Bonchev–Trinajstić information content (AvgIpc) is 3.31. The standard InChI is InChI=1S/C25H32N4O4S/c1-18(2)23(27-25(31)26-21-9-4-3-5-10-21)24(30)28-13-15-29(16-14-28)34(32,33)22-12-11-19-7-6-8-20(19)17-22/h3-5,9-12,17-18,23H,6-8,13-16H2,1-2H3,(H2,26,27,31). The van der Waals surface area contributed by atoms with Crippen LogP contribution in [0.25, 0.3) is 0 Å². The predicted molar refractivity (Wildman–Crippen MR) is 131 cm³/mol. The Bertz CT molecular complexity index is 1140. The number of hydrogen-bond acceptors (Lipinski definition) is 4. The molecule has 0 aromatic heterocycles. The molecule has 2 aromatic carbocycles. The van der Waals surface area contributed by atoms with Crippen LogP contribution >= 0.6 is 0 Å². The van der Waals surface area contributed by atoms with Crippen molar-refractivity contribution in [3.8, 4) is 0 Å². The Kier molecular flexibility index (Phi) is 7.23. The molecule has 0 saturated carbocycles. The van der Waals surface area contributed by atoms with Crippen molar-refractivity contribution in [2.75, 3.05) is 31.5 Å². The van der Waals surface area contributed by atoms with Gasteiger partial charge in [-0.05, 0) is 60.6 Å². The quantitative estimate of drug-likeness (QED) is 0.659. The minimum atomic E-state index is -3.61. The van der Waals surface area contributed by atoms with E-state index < -0.39 is 22.1 Å². The lowest BCUT2D eigenvalue weighted by Gasteiger charge is -2.36. The fourth-order valence-electron chi connectivity index (χ4n) is 4.55. The van der Waals surface area contributed by atoms with Crippen molar-refractivity contribution in [2.45, 2.75) is 44.0 Å². The second-order valence-electron chi connectivity index (χ2n) is 9.20. The van der Waals surface area contributed by atoms with Crippen molar-refractivity contribution in [2.24, 2.45) is 5.92 Å². The Balaban J connectivity index is 1.37. The highest BCUT2D eigenvalue weighted by Crippen LogP contribution is 2.27. The van der Waals surface area contributed by atoms with Crippen LogP contribution in [-0.2, 0) is 27.7 Å². The van der Waals surface area contributed by atoms with Crippen molar-refractivity contribution in [3.05, 3.63) is 59.7 Å². The van der Waals surface area contributed by atoms with Crippen LogP contribution in [-0.4, -0.2) is 61.8 Å². The summed E-state index contributed by atoms with van der Waals surface area (Å²) in [6.07, 6.45) is 2.99. The van der Waals surface area contributed by atoms with E-state index in [1.54, 1.807) is 29.2 Å². The van der Waals surface area contributed by atoms with E-state index in [-0.39, 0.29) is 38.0 Å². The molecule has 2 aromatic rings. The van der Waals surface area contributed by atoms with E-state index in [1.165, 1.54) is 9.87 Å². The van der Waals surface area contributed by atoms with Crippen LogP contribution in [0.1, 0.15) is 31.4 Å². The topological polar surface area (TPSA) is 98.8 Å². The number of aryl methyl sites for hydroxylation is 2. The normalized spacial score (nSPS) is 17.3. The van der Waals surface area contributed by atoms with Crippen molar-refractivity contribution >= 4 is 27.6 Å². The Morgan fingerprint density at radius 1 is 0.912 bits per heavy atom. The molecule has 8 nitrogen and oxygen atoms in total. The molecule has 1 atom stereocenters. The van der Waals surface area contributed by atoms with Gasteiger partial charge in [0.25, 0.3) is 0 Å². The van der Waals surface area contributed by atoms with Crippen LogP contribution in [0.15, 0.2) is 53.4 Å². The summed E-state index contributed by atoms with van der Waals surface area (Å²) in [5.74, 6) is -0.324. The summed E-state index contributed by atoms with van der Waals surface area (Å²) in [5, 5.41) is 5.52. The highest BCUT2D eigenvalue weighted by molar-refractivity contribution is 7.89. The second-order valence-corrected chi connectivity index (χ2v) is 11.1. The monoisotopic (exact) mass is 484 g/mol. The number of nitrogens with one attached hydrogen (secondary N) is 2. The van der Waals surface area contributed by atoms with Crippen LogP contribution in [0, 0.1) is 5.92 Å². The van der Waals surface area contributed by atoms with Crippen LogP contribution in [0.2, 0.25) is 0 Å². The number of sulfonamides is 1. The lowest BCUT2D eigenvalue weighted by molar-refractivity contribution is -0.135. The van der Waals surface area contributed by atoms with Crippen molar-refractivity contribution in [1.82, 2.24) is 14.5 Å². The zero-order chi connectivity index (χ0) is 24.3. The van der Waals surface area contributed by atoms with Crippen LogP contribution in [0.5, 0.6) is 0 Å². The molecule has 1 fully saturated rings. The molecule has 1 unspecified atom stereocenters. The van der Waals surface area contributed by atoms with Gasteiger partial charge >= 0.3 is 6.03 Å². The predicted octanol–water partition coefficient (Wildman–Crippen LogP) is 2.85. The number of urea groups is 1. The minimum absolute atomic E-state index is 0.123. The number of hydrogen-bond donors (Lipinski definition) is 2. The van der Waals surface area contributed by atoms with Gasteiger partial charge in [-0.25, -0.2) is 13.2 Å². The Hall–Kier alpha value is -2.91. The highest BCUT2D eigenvalue weighted by Gasteiger charge is 2.34. The van der Waals surface area contributed by atoms with Crippen molar-refractivity contribution in [1.29, 1.82) is 0 Å². The maximum Gasteiger partial charge on any atom is 0.319 e. The first-order valence-corrected chi connectivity index (χ1v) is 13.2. The minimum Gasteiger partial charge on any atom is -0.338 e. The van der Waals surface area contributed by atoms with Gasteiger partial charge in [-0.15, -0.1) is 0 Å². The number of carbonyl (C=O) groups excluding carboxylic acids is 2. The number of piperazine rings is 1. The fourth-order valence-corrected chi connectivity index (χ4v) is 6.02. The summed E-state index contributed by atoms with van der Waals surface area (Å²) in [6.45, 7) is 4.78. The molecule has 3 amide bonds. The summed E-state index contributed by atoms with van der Waals surface area (Å²) >= 11 is 0. The van der Waals surface area contributed by atoms with Gasteiger partial charge in [-0.1, -0.05) is 38.1 Å². The highest BCUT2D eigenvalue weighted by atomic mass is 32.2. The van der Waals surface area contributed by atoms with E-state index >= 15 is 0 Å². The van der Waals surface area contributed by atoms with E-state index in [2.05, 4.69) is 10.6 Å². The summed E-state index contributed by atoms with van der Waals surface area (Å²) in [6, 6.07) is 13.3. The molecule has 4 rings (SSSR count). The number of para-hydroxylation sites is 1. The maximum absolute atomic E-state index is 13.2. The first kappa shape index (κ1) is 24.2. The van der Waals surface area contributed by atoms with Crippen LogP contribution in [0.4, 0.5) is 10.5 Å². The van der Waals surface area contributed by atoms with E-state index in [0.29, 0.717) is 10.6 Å². The van der Waals surface area contributed by atoms with E-state index in [0.717, 1.165) is 24.8 Å². The number of fused-ring (bicyclic) bond motifs is 1. The molecular weight excluding hydrogens is 452 g/mol. The zero-order valence-corrected chi connectivity index (χ0v) is 20.5. The first-order valence-electron chi connectivity index (χ1n) is 11.8. The molecule has 2 aliphatic rings. The van der Waals surface area contributed by atoms with Gasteiger partial charge in [0.15, 0.2) is 0 Å². The average molecular weight is 485 g/mol. The summed E-state index contributed by atoms with van der Waals surface area (Å²) in [7, 11) is -3.61. The van der Waals surface area contributed by atoms with Gasteiger partial charge in [0.05, 0.1) is 4.90 Å². The SMILES string of the molecule is CC(C)C(NC(=O)Nc1ccccc1)C(=O)N1CCN(S(=O)(=O)c2ccc3c(c2)CCC3)CC1. The smallest absolute Gasteiger partial charge is 0.319 e. The Morgan fingerprint density at radius 2 is 1.59 bits per heavy atom. The van der Waals surface area contributed by atoms with Gasteiger partial charge in [0, 0.05) is 31.9 Å². The molecule has 1 heterocycles. The lowest BCUT2D eigenvalue weighted by Crippen LogP contribution is -2.57. The van der Waals surface area contributed by atoms with Crippen LogP contribution in [0.3, 0.4) is 0 Å². The van der Waals surface area contributed by atoms with Crippen molar-refractivity contribution in [3.63, 3.8) is 0 Å². The number of carbonyl (C=O) groups is 2. The fraction of sp³-hybridized carbons (Fsp3) is 0.440. The Morgan fingerprint density at radius 3 is 2.26 bits per heavy atom. The molecule has 1 aliphatic carbocycles. The van der Waals surface area contributed by atoms with E-state index in [9.17, 15) is 18.0 Å². The molecule has 0 bridgehead atoms. The van der Waals surface area contributed by atoms with Crippen molar-refractivity contribution < 1.29 is 18.0 Å². The van der Waals surface area contributed by atoms with E-state index in [4.69, 9.17) is 0 Å². The molecule has 1 saturated heterocycles.